The smallest absolute Gasteiger partial charge is 0.259 e. The average molecular weight is 300 g/mol. The molecule has 0 atom stereocenters. The van der Waals surface area contributed by atoms with Crippen molar-refractivity contribution in [2.24, 2.45) is 0 Å². The molecule has 0 spiro atoms. The van der Waals surface area contributed by atoms with Crippen LogP contribution in [0.2, 0.25) is 0 Å². The molecule has 2 aromatic heterocycles. The number of nitrogens with one attached hydrogen (secondary N) is 2. The van der Waals surface area contributed by atoms with Gasteiger partial charge in [-0.15, -0.1) is 0 Å². The first-order chi connectivity index (χ1) is 10.6. The number of pyridine rings is 2. The molecule has 0 aliphatic carbocycles. The van der Waals surface area contributed by atoms with E-state index in [2.05, 4.69) is 15.3 Å². The summed E-state index contributed by atoms with van der Waals surface area (Å²) in [5.41, 5.74) is 1.64. The van der Waals surface area contributed by atoms with Gasteiger partial charge < -0.3 is 15.2 Å². The van der Waals surface area contributed by atoms with Crippen LogP contribution in [0.15, 0.2) is 29.2 Å². The lowest BCUT2D eigenvalue weighted by Gasteiger charge is -2.22. The summed E-state index contributed by atoms with van der Waals surface area (Å²) in [5, 5.41) is 2.85. The highest BCUT2D eigenvalue weighted by molar-refractivity contribution is 6.11. The minimum absolute atomic E-state index is 0.201. The van der Waals surface area contributed by atoms with E-state index in [9.17, 15) is 9.59 Å². The molecule has 0 saturated carbocycles. The molecular weight excluding hydrogens is 280 g/mol. The van der Waals surface area contributed by atoms with E-state index < -0.39 is 0 Å². The molecule has 0 saturated heterocycles. The number of aryl methyl sites for hydroxylation is 1. The van der Waals surface area contributed by atoms with Crippen LogP contribution in [0, 0.1) is 6.92 Å². The van der Waals surface area contributed by atoms with Gasteiger partial charge in [-0.2, -0.15) is 0 Å². The Bertz CT molecular complexity index is 752. The number of anilines is 3. The largest absolute Gasteiger partial charge is 0.319 e. The Hall–Kier alpha value is -2.63. The van der Waals surface area contributed by atoms with Gasteiger partial charge in [0.1, 0.15) is 11.6 Å². The van der Waals surface area contributed by atoms with E-state index in [1.165, 1.54) is 6.07 Å². The van der Waals surface area contributed by atoms with Crippen molar-refractivity contribution < 1.29 is 4.79 Å². The standard InChI is InChI=1S/C14H14N4O2.C2H6/c1-3-18-12-9(5-4-6-15-12)14(20)17-11-8(2)7-10(19)16-13(11)18;1-2/h4-7H,3H2,1-2H3,(H,16,19)(H,17,20);1-2H3. The van der Waals surface area contributed by atoms with Crippen molar-refractivity contribution in [1.29, 1.82) is 0 Å². The normalized spacial score (nSPS) is 12.4. The summed E-state index contributed by atoms with van der Waals surface area (Å²) in [6.45, 7) is 8.33. The van der Waals surface area contributed by atoms with E-state index in [-0.39, 0.29) is 11.5 Å². The Balaban J connectivity index is 0.000000847. The number of fused-ring (bicyclic) bond motifs is 2. The number of hydrogen-bond donors (Lipinski definition) is 2. The molecule has 2 N–H and O–H groups in total. The molecule has 1 amide bonds. The third-order valence-electron chi connectivity index (χ3n) is 3.33. The maximum atomic E-state index is 12.3. The first kappa shape index (κ1) is 15.8. The fraction of sp³-hybridized carbons (Fsp3) is 0.312. The molecule has 6 heteroatoms. The van der Waals surface area contributed by atoms with E-state index in [1.54, 1.807) is 25.3 Å². The van der Waals surface area contributed by atoms with Crippen LogP contribution < -0.4 is 15.8 Å². The fourth-order valence-corrected chi connectivity index (χ4v) is 2.42. The van der Waals surface area contributed by atoms with Gasteiger partial charge in [0.25, 0.3) is 5.91 Å². The molecule has 0 bridgehead atoms. The fourth-order valence-electron chi connectivity index (χ4n) is 2.42. The molecule has 1 aliphatic rings. The number of aromatic nitrogens is 2. The molecule has 22 heavy (non-hydrogen) atoms. The summed E-state index contributed by atoms with van der Waals surface area (Å²) < 4.78 is 0. The summed E-state index contributed by atoms with van der Waals surface area (Å²) >= 11 is 0. The molecule has 0 fully saturated rings. The average Bonchev–Trinajstić information content (AvgIpc) is 2.64. The molecule has 0 unspecified atom stereocenters. The van der Waals surface area contributed by atoms with Crippen molar-refractivity contribution in [3.63, 3.8) is 0 Å². The summed E-state index contributed by atoms with van der Waals surface area (Å²) in [7, 11) is 0. The van der Waals surface area contributed by atoms with Crippen LogP contribution in [0.1, 0.15) is 36.7 Å². The van der Waals surface area contributed by atoms with E-state index in [4.69, 9.17) is 0 Å². The van der Waals surface area contributed by atoms with Gasteiger partial charge in [0.2, 0.25) is 5.56 Å². The summed E-state index contributed by atoms with van der Waals surface area (Å²) in [5.74, 6) is 0.899. The van der Waals surface area contributed by atoms with Gasteiger partial charge in [0, 0.05) is 18.8 Å². The van der Waals surface area contributed by atoms with Gasteiger partial charge in [-0.25, -0.2) is 4.98 Å². The Labute approximate surface area is 129 Å². The number of rotatable bonds is 1. The Kier molecular flexibility index (Phi) is 4.60. The lowest BCUT2D eigenvalue weighted by atomic mass is 10.2. The van der Waals surface area contributed by atoms with Crippen molar-refractivity contribution in [1.82, 2.24) is 9.97 Å². The van der Waals surface area contributed by atoms with Crippen molar-refractivity contribution >= 4 is 23.2 Å². The number of hydrogen-bond acceptors (Lipinski definition) is 4. The highest BCUT2D eigenvalue weighted by atomic mass is 16.2. The van der Waals surface area contributed by atoms with Crippen LogP contribution >= 0.6 is 0 Å². The van der Waals surface area contributed by atoms with E-state index in [0.717, 1.165) is 5.56 Å². The van der Waals surface area contributed by atoms with Gasteiger partial charge in [-0.1, -0.05) is 13.8 Å². The second kappa shape index (κ2) is 6.43. The minimum atomic E-state index is -0.222. The zero-order chi connectivity index (χ0) is 16.3. The molecule has 3 heterocycles. The summed E-state index contributed by atoms with van der Waals surface area (Å²) in [6, 6.07) is 4.91. The zero-order valence-electron chi connectivity index (χ0n) is 13.2. The van der Waals surface area contributed by atoms with Crippen LogP contribution in [0.4, 0.5) is 17.3 Å². The predicted octanol–water partition coefficient (Wildman–Crippen LogP) is 2.83. The van der Waals surface area contributed by atoms with Crippen LogP contribution in [0.3, 0.4) is 0 Å². The molecular formula is C16H20N4O2. The topological polar surface area (TPSA) is 78.1 Å². The third kappa shape index (κ3) is 2.59. The Morgan fingerprint density at radius 3 is 2.68 bits per heavy atom. The lowest BCUT2D eigenvalue weighted by molar-refractivity contribution is 0.102. The van der Waals surface area contributed by atoms with Gasteiger partial charge >= 0.3 is 0 Å². The Morgan fingerprint density at radius 2 is 2.00 bits per heavy atom. The van der Waals surface area contributed by atoms with E-state index in [0.29, 0.717) is 29.4 Å². The summed E-state index contributed by atoms with van der Waals surface area (Å²) in [4.78, 5) is 32.9. The lowest BCUT2D eigenvalue weighted by Crippen LogP contribution is -2.22. The van der Waals surface area contributed by atoms with Gasteiger partial charge in [-0.05, 0) is 31.5 Å². The molecule has 3 rings (SSSR count). The second-order valence-electron chi connectivity index (χ2n) is 4.61. The highest BCUT2D eigenvalue weighted by Crippen LogP contribution is 2.35. The van der Waals surface area contributed by atoms with Crippen molar-refractivity contribution in [3.05, 3.63) is 45.9 Å². The molecule has 116 valence electrons. The van der Waals surface area contributed by atoms with E-state index >= 15 is 0 Å². The SMILES string of the molecule is CC.CCN1c2ncccc2C(=O)Nc2c(C)cc(=O)[nH]c21. The van der Waals surface area contributed by atoms with Gasteiger partial charge in [0.05, 0.1) is 11.3 Å². The predicted molar refractivity (Wildman–Crippen MR) is 88.0 cm³/mol. The maximum absolute atomic E-state index is 12.3. The molecule has 6 nitrogen and oxygen atoms in total. The third-order valence-corrected chi connectivity index (χ3v) is 3.33. The van der Waals surface area contributed by atoms with Crippen LogP contribution in [-0.4, -0.2) is 22.4 Å². The molecule has 0 aromatic carbocycles. The maximum Gasteiger partial charge on any atom is 0.259 e. The number of carbonyl (C=O) groups excluding carboxylic acids is 1. The van der Waals surface area contributed by atoms with Gasteiger partial charge in [-0.3, -0.25) is 9.59 Å². The zero-order valence-corrected chi connectivity index (χ0v) is 13.2. The molecule has 1 aliphatic heterocycles. The number of carbonyl (C=O) groups is 1. The van der Waals surface area contributed by atoms with Gasteiger partial charge in [0.15, 0.2) is 0 Å². The number of nitrogens with zero attached hydrogens (tertiary/aromatic N) is 2. The first-order valence-corrected chi connectivity index (χ1v) is 7.39. The van der Waals surface area contributed by atoms with Crippen molar-refractivity contribution in [3.8, 4) is 0 Å². The monoisotopic (exact) mass is 300 g/mol. The number of aromatic amines is 1. The molecule has 0 radical (unpaired) electrons. The molecule has 2 aromatic rings. The Morgan fingerprint density at radius 1 is 1.27 bits per heavy atom. The summed E-state index contributed by atoms with van der Waals surface area (Å²) in [6.07, 6.45) is 1.63. The minimum Gasteiger partial charge on any atom is -0.319 e. The first-order valence-electron chi connectivity index (χ1n) is 7.39. The van der Waals surface area contributed by atoms with Crippen LogP contribution in [-0.2, 0) is 0 Å². The van der Waals surface area contributed by atoms with E-state index in [1.807, 2.05) is 25.7 Å². The quantitative estimate of drug-likeness (QED) is 0.849. The van der Waals surface area contributed by atoms with Crippen molar-refractivity contribution in [2.45, 2.75) is 27.7 Å². The second-order valence-corrected chi connectivity index (χ2v) is 4.61. The highest BCUT2D eigenvalue weighted by Gasteiger charge is 2.26. The number of H-pyrrole nitrogens is 1. The van der Waals surface area contributed by atoms with Crippen molar-refractivity contribution in [2.75, 3.05) is 16.8 Å². The van der Waals surface area contributed by atoms with Crippen LogP contribution in [0.25, 0.3) is 0 Å². The number of amides is 1. The van der Waals surface area contributed by atoms with Crippen LogP contribution in [0.5, 0.6) is 0 Å².